The molecule has 0 saturated heterocycles. The van der Waals surface area contributed by atoms with E-state index in [9.17, 15) is 5.11 Å². The molecule has 0 aliphatic carbocycles. The van der Waals surface area contributed by atoms with E-state index in [0.29, 0.717) is 6.61 Å². The van der Waals surface area contributed by atoms with Crippen LogP contribution in [0.3, 0.4) is 0 Å². The van der Waals surface area contributed by atoms with Crippen molar-refractivity contribution in [2.24, 2.45) is 0 Å². The molecule has 110 valence electrons. The number of hydrogen-bond donors (Lipinski definition) is 1. The van der Waals surface area contributed by atoms with E-state index in [-0.39, 0.29) is 12.7 Å². The molecule has 2 aromatic carbocycles. The minimum Gasteiger partial charge on any atom is -0.489 e. The van der Waals surface area contributed by atoms with E-state index in [1.54, 1.807) is 0 Å². The summed E-state index contributed by atoms with van der Waals surface area (Å²) in [4.78, 5) is 0. The molecule has 0 aromatic heterocycles. The maximum atomic E-state index is 9.47. The highest BCUT2D eigenvalue weighted by atomic mass is 79.9. The lowest BCUT2D eigenvalue weighted by Gasteiger charge is -2.17. The number of para-hydroxylation sites is 1. The summed E-state index contributed by atoms with van der Waals surface area (Å²) in [5.74, 6) is 1.70. The summed E-state index contributed by atoms with van der Waals surface area (Å²) in [6.07, 6.45) is 0.886. The van der Waals surface area contributed by atoms with Crippen molar-refractivity contribution in [1.82, 2.24) is 0 Å². The van der Waals surface area contributed by atoms with Crippen LogP contribution in [0.2, 0.25) is 0 Å². The maximum absolute atomic E-state index is 9.47. The lowest BCUT2D eigenvalue weighted by molar-refractivity contribution is 0.145. The zero-order valence-corrected chi connectivity index (χ0v) is 13.4. The van der Waals surface area contributed by atoms with Crippen LogP contribution in [0, 0.1) is 6.92 Å². The first-order valence-corrected chi connectivity index (χ1v) is 7.74. The average molecular weight is 349 g/mol. The molecule has 1 atom stereocenters. The van der Waals surface area contributed by atoms with Gasteiger partial charge in [-0.2, -0.15) is 0 Å². The number of aliphatic hydroxyl groups is 1. The molecular weight excluding hydrogens is 332 g/mol. The highest BCUT2D eigenvalue weighted by Crippen LogP contribution is 2.31. The van der Waals surface area contributed by atoms with Gasteiger partial charge in [0, 0.05) is 16.5 Å². The first-order valence-electron chi connectivity index (χ1n) is 6.94. The molecule has 0 fully saturated rings. The topological polar surface area (TPSA) is 38.7 Å². The van der Waals surface area contributed by atoms with E-state index in [0.717, 1.165) is 33.5 Å². The predicted molar refractivity (Wildman–Crippen MR) is 84.9 cm³/mol. The van der Waals surface area contributed by atoms with Crippen molar-refractivity contribution < 1.29 is 14.6 Å². The first kappa shape index (κ1) is 14.4. The summed E-state index contributed by atoms with van der Waals surface area (Å²) < 4.78 is 12.7. The monoisotopic (exact) mass is 348 g/mol. The number of benzene rings is 2. The molecule has 1 aliphatic heterocycles. The summed E-state index contributed by atoms with van der Waals surface area (Å²) in [5.41, 5.74) is 3.02. The van der Waals surface area contributed by atoms with Crippen molar-refractivity contribution in [1.29, 1.82) is 0 Å². The number of rotatable bonds is 4. The molecule has 0 saturated carbocycles. The Morgan fingerprint density at radius 2 is 2.14 bits per heavy atom. The normalized spacial score (nSPS) is 16.4. The highest BCUT2D eigenvalue weighted by molar-refractivity contribution is 9.10. The number of ether oxygens (including phenoxy) is 2. The lowest BCUT2D eigenvalue weighted by Crippen LogP contribution is -2.23. The molecule has 1 unspecified atom stereocenters. The van der Waals surface area contributed by atoms with E-state index >= 15 is 0 Å². The molecule has 3 nitrogen and oxygen atoms in total. The van der Waals surface area contributed by atoms with Crippen LogP contribution in [-0.4, -0.2) is 17.8 Å². The minimum absolute atomic E-state index is 0.0250. The van der Waals surface area contributed by atoms with Gasteiger partial charge in [0.05, 0.1) is 6.61 Å². The van der Waals surface area contributed by atoms with Crippen molar-refractivity contribution >= 4 is 15.9 Å². The Morgan fingerprint density at radius 3 is 2.90 bits per heavy atom. The van der Waals surface area contributed by atoms with Gasteiger partial charge in [0.25, 0.3) is 0 Å². The van der Waals surface area contributed by atoms with Crippen molar-refractivity contribution in [2.45, 2.75) is 26.1 Å². The van der Waals surface area contributed by atoms with Gasteiger partial charge in [-0.1, -0.05) is 34.1 Å². The van der Waals surface area contributed by atoms with Gasteiger partial charge >= 0.3 is 0 Å². The quantitative estimate of drug-likeness (QED) is 0.916. The molecule has 3 rings (SSSR count). The standard InChI is InChI=1S/C17H17BrO3/c1-11-6-14(18)7-13(9-19)17(11)20-10-15-8-12-4-2-3-5-16(12)21-15/h2-7,15,19H,8-10H2,1H3. The van der Waals surface area contributed by atoms with Crippen molar-refractivity contribution in [3.63, 3.8) is 0 Å². The van der Waals surface area contributed by atoms with Crippen LogP contribution in [0.25, 0.3) is 0 Å². The smallest absolute Gasteiger partial charge is 0.137 e. The second-order valence-corrected chi connectivity index (χ2v) is 6.15. The average Bonchev–Trinajstić information content (AvgIpc) is 2.88. The summed E-state index contributed by atoms with van der Waals surface area (Å²) in [6.45, 7) is 2.41. The van der Waals surface area contributed by atoms with Crippen LogP contribution in [-0.2, 0) is 13.0 Å². The Bertz CT molecular complexity index is 629. The SMILES string of the molecule is Cc1cc(Br)cc(CO)c1OCC1Cc2ccccc2O1. The van der Waals surface area contributed by atoms with E-state index in [2.05, 4.69) is 22.0 Å². The number of aryl methyl sites for hydroxylation is 1. The highest BCUT2D eigenvalue weighted by Gasteiger charge is 2.23. The Hall–Kier alpha value is -1.52. The zero-order valence-electron chi connectivity index (χ0n) is 11.8. The third-order valence-corrected chi connectivity index (χ3v) is 4.07. The Balaban J connectivity index is 1.70. The van der Waals surface area contributed by atoms with Gasteiger partial charge in [-0.3, -0.25) is 0 Å². The van der Waals surface area contributed by atoms with Gasteiger partial charge in [0.15, 0.2) is 0 Å². The molecule has 1 heterocycles. The maximum Gasteiger partial charge on any atom is 0.137 e. The van der Waals surface area contributed by atoms with Crippen LogP contribution in [0.1, 0.15) is 16.7 Å². The van der Waals surface area contributed by atoms with Crippen LogP contribution in [0.15, 0.2) is 40.9 Å². The van der Waals surface area contributed by atoms with E-state index in [1.165, 1.54) is 5.56 Å². The fraction of sp³-hybridized carbons (Fsp3) is 0.294. The largest absolute Gasteiger partial charge is 0.489 e. The molecule has 2 aromatic rings. The number of hydrogen-bond acceptors (Lipinski definition) is 3. The summed E-state index contributed by atoms with van der Waals surface area (Å²) in [6, 6.07) is 11.9. The van der Waals surface area contributed by atoms with Gasteiger partial charge in [-0.15, -0.1) is 0 Å². The van der Waals surface area contributed by atoms with Gasteiger partial charge in [0.1, 0.15) is 24.2 Å². The summed E-state index contributed by atoms with van der Waals surface area (Å²) in [7, 11) is 0. The Labute approximate surface area is 132 Å². The molecular formula is C17H17BrO3. The van der Waals surface area contributed by atoms with Crippen LogP contribution < -0.4 is 9.47 Å². The molecule has 0 amide bonds. The Kier molecular flexibility index (Phi) is 4.17. The van der Waals surface area contributed by atoms with E-state index in [4.69, 9.17) is 9.47 Å². The molecule has 21 heavy (non-hydrogen) atoms. The third kappa shape index (κ3) is 3.06. The fourth-order valence-corrected chi connectivity index (χ4v) is 3.27. The van der Waals surface area contributed by atoms with Crippen LogP contribution >= 0.6 is 15.9 Å². The zero-order chi connectivity index (χ0) is 14.8. The molecule has 0 spiro atoms. The van der Waals surface area contributed by atoms with E-state index in [1.807, 2.05) is 37.3 Å². The van der Waals surface area contributed by atoms with Crippen LogP contribution in [0.4, 0.5) is 0 Å². The Morgan fingerprint density at radius 1 is 1.33 bits per heavy atom. The minimum atomic E-state index is -0.0403. The molecule has 1 N–H and O–H groups in total. The number of halogens is 1. The summed E-state index contributed by atoms with van der Waals surface area (Å²) >= 11 is 3.43. The molecule has 4 heteroatoms. The fourth-order valence-electron chi connectivity index (χ4n) is 2.65. The second kappa shape index (κ2) is 6.08. The predicted octanol–water partition coefficient (Wildman–Crippen LogP) is 3.63. The number of aliphatic hydroxyl groups excluding tert-OH is 1. The van der Waals surface area contributed by atoms with E-state index < -0.39 is 0 Å². The van der Waals surface area contributed by atoms with Crippen molar-refractivity contribution in [3.05, 3.63) is 57.6 Å². The van der Waals surface area contributed by atoms with Gasteiger partial charge < -0.3 is 14.6 Å². The molecule has 0 radical (unpaired) electrons. The second-order valence-electron chi connectivity index (χ2n) is 5.23. The third-order valence-electron chi connectivity index (χ3n) is 3.61. The van der Waals surface area contributed by atoms with Crippen molar-refractivity contribution in [3.8, 4) is 11.5 Å². The molecule has 0 bridgehead atoms. The van der Waals surface area contributed by atoms with Crippen LogP contribution in [0.5, 0.6) is 11.5 Å². The van der Waals surface area contributed by atoms with Gasteiger partial charge in [-0.05, 0) is 36.2 Å². The van der Waals surface area contributed by atoms with Gasteiger partial charge in [0.2, 0.25) is 0 Å². The first-order chi connectivity index (χ1) is 10.2. The molecule has 1 aliphatic rings. The number of fused-ring (bicyclic) bond motifs is 1. The lowest BCUT2D eigenvalue weighted by atomic mass is 10.1. The summed E-state index contributed by atoms with van der Waals surface area (Å²) in [5, 5.41) is 9.47. The van der Waals surface area contributed by atoms with Gasteiger partial charge in [-0.25, -0.2) is 0 Å². The van der Waals surface area contributed by atoms with Crippen molar-refractivity contribution in [2.75, 3.05) is 6.61 Å².